The first-order chi connectivity index (χ1) is 15.0. The number of imidazole rings is 1. The molecular formula is C22H21N7O2. The van der Waals surface area contributed by atoms with Crippen LogP contribution in [-0.2, 0) is 11.3 Å². The molecule has 0 fully saturated rings. The fraction of sp³-hybridized carbons (Fsp3) is 0.182. The Kier molecular flexibility index (Phi) is 5.16. The van der Waals surface area contributed by atoms with Gasteiger partial charge in [-0.05, 0) is 25.5 Å². The molecule has 0 spiro atoms. The molecular weight excluding hydrogens is 394 g/mol. The van der Waals surface area contributed by atoms with E-state index in [4.69, 9.17) is 5.41 Å². The summed E-state index contributed by atoms with van der Waals surface area (Å²) in [5.74, 6) is 0.395. The summed E-state index contributed by atoms with van der Waals surface area (Å²) in [5.41, 5.74) is 5.01. The normalized spacial score (nSPS) is 10.9. The van der Waals surface area contributed by atoms with E-state index < -0.39 is 0 Å². The number of hydrogen-bond acceptors (Lipinski definition) is 7. The Morgan fingerprint density at radius 2 is 2.00 bits per heavy atom. The molecule has 0 saturated heterocycles. The predicted molar refractivity (Wildman–Crippen MR) is 119 cm³/mol. The van der Waals surface area contributed by atoms with Crippen LogP contribution >= 0.6 is 0 Å². The molecule has 0 radical (unpaired) electrons. The molecule has 4 aromatic rings. The number of fused-ring (bicyclic) bond motifs is 1. The first-order valence-corrected chi connectivity index (χ1v) is 9.67. The Balaban J connectivity index is 1.95. The molecule has 0 bridgehead atoms. The summed E-state index contributed by atoms with van der Waals surface area (Å²) in [4.78, 5) is 37.8. The molecule has 0 aliphatic carbocycles. The van der Waals surface area contributed by atoms with Crippen LogP contribution in [0.5, 0.6) is 0 Å². The standard InChI is InChI=1S/C22H21N7O2/c1-13-5-4-6-19-20(13)29(22(31)28(19)7-8-30)21-14(2)27-18(12-26-21)16-10-25-11-17(24-3)15(16)9-23/h4-6,8-12,23-24H,7H2,1-3H3. The van der Waals surface area contributed by atoms with Crippen molar-refractivity contribution in [2.24, 2.45) is 0 Å². The van der Waals surface area contributed by atoms with Crippen molar-refractivity contribution >= 4 is 29.2 Å². The van der Waals surface area contributed by atoms with E-state index in [-0.39, 0.29) is 12.2 Å². The monoisotopic (exact) mass is 415 g/mol. The topological polar surface area (TPSA) is 119 Å². The predicted octanol–water partition coefficient (Wildman–Crippen LogP) is 2.50. The number of pyridine rings is 1. The van der Waals surface area contributed by atoms with Gasteiger partial charge in [0.25, 0.3) is 0 Å². The maximum atomic E-state index is 13.2. The number of carbonyl (C=O) groups excluding carboxylic acids is 1. The average Bonchev–Trinajstić information content (AvgIpc) is 3.06. The van der Waals surface area contributed by atoms with Gasteiger partial charge in [-0.15, -0.1) is 0 Å². The summed E-state index contributed by atoms with van der Waals surface area (Å²) in [6, 6.07) is 5.57. The molecule has 0 aliphatic heterocycles. The molecule has 0 atom stereocenters. The zero-order valence-electron chi connectivity index (χ0n) is 17.4. The second-order valence-corrected chi connectivity index (χ2v) is 7.04. The summed E-state index contributed by atoms with van der Waals surface area (Å²) in [6.07, 6.45) is 6.79. The van der Waals surface area contributed by atoms with Crippen molar-refractivity contribution in [3.63, 3.8) is 0 Å². The smallest absolute Gasteiger partial charge is 0.335 e. The Labute approximate surface area is 177 Å². The summed E-state index contributed by atoms with van der Waals surface area (Å²) in [6.45, 7) is 3.65. The van der Waals surface area contributed by atoms with Gasteiger partial charge >= 0.3 is 5.69 Å². The third-order valence-corrected chi connectivity index (χ3v) is 5.22. The van der Waals surface area contributed by atoms with Crippen molar-refractivity contribution in [1.29, 1.82) is 5.41 Å². The number of aldehydes is 1. The molecule has 3 heterocycles. The molecule has 0 unspecified atom stereocenters. The molecule has 1 aromatic carbocycles. The summed E-state index contributed by atoms with van der Waals surface area (Å²) >= 11 is 0. The van der Waals surface area contributed by atoms with E-state index in [0.29, 0.717) is 51.3 Å². The zero-order chi connectivity index (χ0) is 22.1. The minimum Gasteiger partial charge on any atom is -0.386 e. The fourth-order valence-corrected chi connectivity index (χ4v) is 3.77. The molecule has 0 aliphatic rings. The third-order valence-electron chi connectivity index (χ3n) is 5.22. The van der Waals surface area contributed by atoms with Crippen LogP contribution in [0.3, 0.4) is 0 Å². The Morgan fingerprint density at radius 3 is 2.68 bits per heavy atom. The second-order valence-electron chi connectivity index (χ2n) is 7.04. The lowest BCUT2D eigenvalue weighted by Crippen LogP contribution is -2.25. The Bertz CT molecular complexity index is 1380. The second kappa shape index (κ2) is 7.94. The van der Waals surface area contributed by atoms with Crippen LogP contribution in [0.4, 0.5) is 5.69 Å². The van der Waals surface area contributed by atoms with Gasteiger partial charge in [0.1, 0.15) is 6.29 Å². The first kappa shape index (κ1) is 20.1. The van der Waals surface area contributed by atoms with Gasteiger partial charge in [0.05, 0.1) is 47.0 Å². The lowest BCUT2D eigenvalue weighted by molar-refractivity contribution is -0.108. The van der Waals surface area contributed by atoms with Crippen LogP contribution in [0.1, 0.15) is 16.8 Å². The summed E-state index contributed by atoms with van der Waals surface area (Å²) in [5, 5.41) is 10.8. The van der Waals surface area contributed by atoms with E-state index in [0.717, 1.165) is 5.56 Å². The van der Waals surface area contributed by atoms with Gasteiger partial charge in [-0.1, -0.05) is 12.1 Å². The maximum absolute atomic E-state index is 13.2. The lowest BCUT2D eigenvalue weighted by atomic mass is 10.1. The highest BCUT2D eigenvalue weighted by Gasteiger charge is 2.20. The number of carbonyl (C=O) groups is 1. The van der Waals surface area contributed by atoms with E-state index in [2.05, 4.69) is 20.3 Å². The quantitative estimate of drug-likeness (QED) is 0.369. The maximum Gasteiger partial charge on any atom is 0.335 e. The Hall–Kier alpha value is -4.14. The summed E-state index contributed by atoms with van der Waals surface area (Å²) in [7, 11) is 1.76. The van der Waals surface area contributed by atoms with Gasteiger partial charge in [-0.25, -0.2) is 19.3 Å². The van der Waals surface area contributed by atoms with Crippen molar-refractivity contribution in [1.82, 2.24) is 24.1 Å². The number of anilines is 1. The molecule has 31 heavy (non-hydrogen) atoms. The van der Waals surface area contributed by atoms with E-state index in [9.17, 15) is 9.59 Å². The lowest BCUT2D eigenvalue weighted by Gasteiger charge is -2.12. The van der Waals surface area contributed by atoms with E-state index in [1.165, 1.54) is 15.3 Å². The molecule has 4 rings (SSSR count). The number of nitrogens with one attached hydrogen (secondary N) is 2. The number of hydrogen-bond donors (Lipinski definition) is 2. The minimum atomic E-state index is -0.347. The van der Waals surface area contributed by atoms with Crippen LogP contribution in [0.25, 0.3) is 28.1 Å². The van der Waals surface area contributed by atoms with Crippen molar-refractivity contribution in [2.45, 2.75) is 20.4 Å². The molecule has 0 amide bonds. The average molecular weight is 415 g/mol. The van der Waals surface area contributed by atoms with Crippen LogP contribution in [0.2, 0.25) is 0 Å². The molecule has 0 saturated carbocycles. The Morgan fingerprint density at radius 1 is 1.19 bits per heavy atom. The van der Waals surface area contributed by atoms with E-state index >= 15 is 0 Å². The largest absolute Gasteiger partial charge is 0.386 e. The van der Waals surface area contributed by atoms with Crippen LogP contribution in [-0.4, -0.2) is 43.6 Å². The fourth-order valence-electron chi connectivity index (χ4n) is 3.77. The number of rotatable bonds is 6. The molecule has 3 aromatic heterocycles. The van der Waals surface area contributed by atoms with Gasteiger partial charge in [-0.2, -0.15) is 0 Å². The third kappa shape index (κ3) is 3.20. The molecule has 2 N–H and O–H groups in total. The van der Waals surface area contributed by atoms with Gasteiger partial charge in [0.2, 0.25) is 0 Å². The minimum absolute atomic E-state index is 0.0402. The first-order valence-electron chi connectivity index (χ1n) is 9.67. The molecule has 9 nitrogen and oxygen atoms in total. The molecule has 9 heteroatoms. The van der Waals surface area contributed by atoms with Crippen molar-refractivity contribution in [3.8, 4) is 17.1 Å². The van der Waals surface area contributed by atoms with Crippen molar-refractivity contribution < 1.29 is 4.79 Å². The van der Waals surface area contributed by atoms with Crippen LogP contribution in [0.15, 0.2) is 41.6 Å². The van der Waals surface area contributed by atoms with Gasteiger partial charge in [-0.3, -0.25) is 9.55 Å². The highest BCUT2D eigenvalue weighted by molar-refractivity contribution is 5.94. The van der Waals surface area contributed by atoms with Gasteiger partial charge < -0.3 is 15.5 Å². The van der Waals surface area contributed by atoms with Crippen molar-refractivity contribution in [2.75, 3.05) is 12.4 Å². The number of aryl methyl sites for hydroxylation is 2. The summed E-state index contributed by atoms with van der Waals surface area (Å²) < 4.78 is 2.93. The SMILES string of the molecule is CNc1cncc(-c2cnc(-n3c(=O)n(CC=O)c4cccc(C)c43)c(C)n2)c1C=N. The van der Waals surface area contributed by atoms with Gasteiger partial charge in [0, 0.05) is 30.6 Å². The van der Waals surface area contributed by atoms with Crippen LogP contribution in [0, 0.1) is 19.3 Å². The number of nitrogens with zero attached hydrogens (tertiary/aromatic N) is 5. The molecule has 156 valence electrons. The highest BCUT2D eigenvalue weighted by Crippen LogP contribution is 2.27. The highest BCUT2D eigenvalue weighted by atomic mass is 16.2. The van der Waals surface area contributed by atoms with Gasteiger partial charge in [0.15, 0.2) is 5.82 Å². The van der Waals surface area contributed by atoms with E-state index in [1.54, 1.807) is 32.6 Å². The number of para-hydroxylation sites is 1. The number of benzene rings is 1. The van der Waals surface area contributed by atoms with Crippen molar-refractivity contribution in [3.05, 3.63) is 64.1 Å². The number of aromatic nitrogens is 5. The van der Waals surface area contributed by atoms with Crippen LogP contribution < -0.4 is 11.0 Å². The van der Waals surface area contributed by atoms with E-state index in [1.807, 2.05) is 25.1 Å². The zero-order valence-corrected chi connectivity index (χ0v) is 17.4.